The second-order valence-electron chi connectivity index (χ2n) is 4.50. The molecule has 0 saturated carbocycles. The quantitative estimate of drug-likeness (QED) is 0.863. The van der Waals surface area contributed by atoms with Gasteiger partial charge in [0.1, 0.15) is 0 Å². The van der Waals surface area contributed by atoms with Gasteiger partial charge in [0.2, 0.25) is 0 Å². The van der Waals surface area contributed by atoms with E-state index in [-0.39, 0.29) is 0 Å². The third-order valence-corrected chi connectivity index (χ3v) is 3.55. The Morgan fingerprint density at radius 1 is 1.33 bits per heavy atom. The Bertz CT molecular complexity index is 573. The third kappa shape index (κ3) is 2.36. The highest BCUT2D eigenvalue weighted by atomic mass is 35.5. The fourth-order valence-electron chi connectivity index (χ4n) is 2.27. The van der Waals surface area contributed by atoms with Crippen molar-refractivity contribution in [3.8, 4) is 0 Å². The largest absolute Gasteiger partial charge is 0.398 e. The van der Waals surface area contributed by atoms with Crippen molar-refractivity contribution in [2.75, 3.05) is 5.73 Å². The van der Waals surface area contributed by atoms with E-state index >= 15 is 0 Å². The molecule has 0 radical (unpaired) electrons. The van der Waals surface area contributed by atoms with Crippen molar-refractivity contribution in [1.82, 2.24) is 9.78 Å². The van der Waals surface area contributed by atoms with Crippen LogP contribution in [-0.2, 0) is 13.0 Å². The summed E-state index contributed by atoms with van der Waals surface area (Å²) in [6.07, 6.45) is 1.01. The second-order valence-corrected chi connectivity index (χ2v) is 4.94. The molecule has 0 spiro atoms. The third-order valence-electron chi connectivity index (χ3n) is 3.31. The minimum Gasteiger partial charge on any atom is -0.398 e. The molecule has 3 nitrogen and oxygen atoms in total. The molecule has 96 valence electrons. The van der Waals surface area contributed by atoms with Crippen LogP contribution in [0, 0.1) is 13.8 Å². The zero-order valence-corrected chi connectivity index (χ0v) is 11.8. The zero-order chi connectivity index (χ0) is 13.3. The molecular formula is C14H18ClN3. The highest BCUT2D eigenvalue weighted by Gasteiger charge is 2.10. The standard InChI is InChI=1S/C14H18ClN3/c1-4-13-9(2)17-18(10(13)3)8-11-5-6-12(15)7-14(11)16/h5-7H,4,8,16H2,1-3H3. The normalized spacial score (nSPS) is 10.9. The second kappa shape index (κ2) is 5.02. The van der Waals surface area contributed by atoms with Gasteiger partial charge in [0, 0.05) is 16.4 Å². The van der Waals surface area contributed by atoms with Gasteiger partial charge in [0.15, 0.2) is 0 Å². The SMILES string of the molecule is CCc1c(C)nn(Cc2ccc(Cl)cc2N)c1C. The molecule has 2 rings (SSSR count). The molecule has 0 aliphatic carbocycles. The van der Waals surface area contributed by atoms with Crippen LogP contribution in [0.25, 0.3) is 0 Å². The number of hydrogen-bond donors (Lipinski definition) is 1. The van der Waals surface area contributed by atoms with Gasteiger partial charge in [-0.05, 0) is 43.5 Å². The van der Waals surface area contributed by atoms with Gasteiger partial charge in [-0.15, -0.1) is 0 Å². The lowest BCUT2D eigenvalue weighted by molar-refractivity contribution is 0.659. The van der Waals surface area contributed by atoms with Crippen LogP contribution in [0.5, 0.6) is 0 Å². The molecule has 0 bridgehead atoms. The maximum atomic E-state index is 5.97. The molecule has 0 saturated heterocycles. The number of rotatable bonds is 3. The van der Waals surface area contributed by atoms with Gasteiger partial charge in [-0.2, -0.15) is 5.10 Å². The number of nitrogen functional groups attached to an aromatic ring is 1. The Morgan fingerprint density at radius 3 is 2.61 bits per heavy atom. The molecule has 0 atom stereocenters. The number of aromatic nitrogens is 2. The summed E-state index contributed by atoms with van der Waals surface area (Å²) in [6.45, 7) is 6.99. The van der Waals surface area contributed by atoms with Crippen LogP contribution in [0.3, 0.4) is 0 Å². The first kappa shape index (κ1) is 13.0. The maximum absolute atomic E-state index is 5.97. The van der Waals surface area contributed by atoms with Crippen LogP contribution in [0.2, 0.25) is 5.02 Å². The lowest BCUT2D eigenvalue weighted by Gasteiger charge is -2.08. The van der Waals surface area contributed by atoms with Crippen molar-refractivity contribution in [2.45, 2.75) is 33.7 Å². The average Bonchev–Trinajstić information content (AvgIpc) is 2.58. The fraction of sp³-hybridized carbons (Fsp3) is 0.357. The number of aryl methyl sites for hydroxylation is 1. The van der Waals surface area contributed by atoms with Gasteiger partial charge >= 0.3 is 0 Å². The number of anilines is 1. The van der Waals surface area contributed by atoms with E-state index in [1.54, 1.807) is 6.07 Å². The summed E-state index contributed by atoms with van der Waals surface area (Å²) in [4.78, 5) is 0. The van der Waals surface area contributed by atoms with Gasteiger partial charge in [-0.1, -0.05) is 24.6 Å². The van der Waals surface area contributed by atoms with E-state index in [0.717, 1.165) is 17.7 Å². The molecule has 0 unspecified atom stereocenters. The Kier molecular flexibility index (Phi) is 3.62. The van der Waals surface area contributed by atoms with Crippen molar-refractivity contribution in [3.63, 3.8) is 0 Å². The van der Waals surface area contributed by atoms with Crippen LogP contribution in [0.4, 0.5) is 5.69 Å². The molecular weight excluding hydrogens is 246 g/mol. The first-order chi connectivity index (χ1) is 8.52. The highest BCUT2D eigenvalue weighted by molar-refractivity contribution is 6.30. The smallest absolute Gasteiger partial charge is 0.0682 e. The number of benzene rings is 1. The summed E-state index contributed by atoms with van der Waals surface area (Å²) in [6, 6.07) is 5.60. The molecule has 1 aromatic heterocycles. The van der Waals surface area contributed by atoms with Crippen molar-refractivity contribution >= 4 is 17.3 Å². The van der Waals surface area contributed by atoms with Gasteiger partial charge in [0.25, 0.3) is 0 Å². The van der Waals surface area contributed by atoms with E-state index < -0.39 is 0 Å². The number of nitrogens with two attached hydrogens (primary N) is 1. The predicted molar refractivity (Wildman–Crippen MR) is 76.0 cm³/mol. The van der Waals surface area contributed by atoms with Crippen LogP contribution >= 0.6 is 11.6 Å². The van der Waals surface area contributed by atoms with Crippen LogP contribution in [0.1, 0.15) is 29.4 Å². The van der Waals surface area contributed by atoms with E-state index in [1.807, 2.05) is 23.7 Å². The Morgan fingerprint density at radius 2 is 2.06 bits per heavy atom. The molecule has 18 heavy (non-hydrogen) atoms. The highest BCUT2D eigenvalue weighted by Crippen LogP contribution is 2.21. The minimum atomic E-state index is 0.666. The van der Waals surface area contributed by atoms with E-state index in [0.29, 0.717) is 17.3 Å². The van der Waals surface area contributed by atoms with Crippen molar-refractivity contribution in [2.24, 2.45) is 0 Å². The Labute approximate surface area is 113 Å². The van der Waals surface area contributed by atoms with Crippen LogP contribution < -0.4 is 5.73 Å². The van der Waals surface area contributed by atoms with Crippen molar-refractivity contribution < 1.29 is 0 Å². The van der Waals surface area contributed by atoms with Crippen molar-refractivity contribution in [3.05, 3.63) is 45.7 Å². The van der Waals surface area contributed by atoms with E-state index in [2.05, 4.69) is 18.9 Å². The summed E-state index contributed by atoms with van der Waals surface area (Å²) in [7, 11) is 0. The van der Waals surface area contributed by atoms with E-state index in [9.17, 15) is 0 Å². The topological polar surface area (TPSA) is 43.8 Å². The maximum Gasteiger partial charge on any atom is 0.0682 e. The Balaban J connectivity index is 2.34. The monoisotopic (exact) mass is 263 g/mol. The first-order valence-electron chi connectivity index (χ1n) is 6.09. The van der Waals surface area contributed by atoms with Gasteiger partial charge in [-0.3, -0.25) is 4.68 Å². The predicted octanol–water partition coefficient (Wildman–Crippen LogP) is 3.35. The lowest BCUT2D eigenvalue weighted by atomic mass is 10.1. The van der Waals surface area contributed by atoms with Crippen LogP contribution in [-0.4, -0.2) is 9.78 Å². The zero-order valence-electron chi connectivity index (χ0n) is 11.0. The molecule has 1 heterocycles. The average molecular weight is 264 g/mol. The summed E-state index contributed by atoms with van der Waals surface area (Å²) < 4.78 is 2.01. The first-order valence-corrected chi connectivity index (χ1v) is 6.47. The fourth-order valence-corrected chi connectivity index (χ4v) is 2.45. The van der Waals surface area contributed by atoms with E-state index in [4.69, 9.17) is 17.3 Å². The van der Waals surface area contributed by atoms with Gasteiger partial charge in [0.05, 0.1) is 12.2 Å². The van der Waals surface area contributed by atoms with Gasteiger partial charge in [-0.25, -0.2) is 0 Å². The number of hydrogen-bond acceptors (Lipinski definition) is 2. The number of nitrogens with zero attached hydrogens (tertiary/aromatic N) is 2. The molecule has 2 aromatic rings. The minimum absolute atomic E-state index is 0.666. The molecule has 2 N–H and O–H groups in total. The molecule has 0 aliphatic rings. The van der Waals surface area contributed by atoms with Crippen LogP contribution in [0.15, 0.2) is 18.2 Å². The Hall–Kier alpha value is -1.48. The van der Waals surface area contributed by atoms with Gasteiger partial charge < -0.3 is 5.73 Å². The molecule has 0 amide bonds. The summed E-state index contributed by atoms with van der Waals surface area (Å²) in [5.74, 6) is 0. The molecule has 4 heteroatoms. The molecule has 0 aliphatic heterocycles. The molecule has 1 aromatic carbocycles. The number of halogens is 1. The summed E-state index contributed by atoms with van der Waals surface area (Å²) in [5.41, 5.74) is 11.4. The van der Waals surface area contributed by atoms with Crippen molar-refractivity contribution in [1.29, 1.82) is 0 Å². The lowest BCUT2D eigenvalue weighted by Crippen LogP contribution is -2.06. The summed E-state index contributed by atoms with van der Waals surface area (Å²) >= 11 is 5.90. The van der Waals surface area contributed by atoms with E-state index in [1.165, 1.54) is 11.3 Å². The molecule has 0 fully saturated rings. The summed E-state index contributed by atoms with van der Waals surface area (Å²) in [5, 5.41) is 5.23.